The molecule has 1 aromatic heterocycles. The molecule has 1 aromatic carbocycles. The highest BCUT2D eigenvalue weighted by Crippen LogP contribution is 2.13. The minimum Gasteiger partial charge on any atom is -0.378 e. The maximum absolute atomic E-state index is 5.34. The first-order valence-electron chi connectivity index (χ1n) is 7.14. The van der Waals surface area contributed by atoms with Crippen molar-refractivity contribution in [2.24, 2.45) is 0 Å². The number of hydrogen-bond acceptors (Lipinski definition) is 6. The summed E-state index contributed by atoms with van der Waals surface area (Å²) >= 11 is 0. The molecule has 0 aliphatic carbocycles. The van der Waals surface area contributed by atoms with Crippen molar-refractivity contribution in [2.45, 2.75) is 13.5 Å². The van der Waals surface area contributed by atoms with Crippen molar-refractivity contribution in [1.82, 2.24) is 15.2 Å². The summed E-state index contributed by atoms with van der Waals surface area (Å²) in [5.41, 5.74) is 2.52. The Morgan fingerprint density at radius 3 is 2.86 bits per heavy atom. The quantitative estimate of drug-likeness (QED) is 0.921. The van der Waals surface area contributed by atoms with Crippen LogP contribution in [0.1, 0.15) is 11.1 Å². The van der Waals surface area contributed by atoms with Crippen LogP contribution in [-0.2, 0) is 11.3 Å². The van der Waals surface area contributed by atoms with E-state index in [9.17, 15) is 0 Å². The van der Waals surface area contributed by atoms with Crippen LogP contribution in [0.4, 0.5) is 11.8 Å². The molecule has 0 atom stereocenters. The summed E-state index contributed by atoms with van der Waals surface area (Å²) in [4.78, 5) is 6.62. The van der Waals surface area contributed by atoms with E-state index < -0.39 is 0 Å². The van der Waals surface area contributed by atoms with Gasteiger partial charge in [-0.3, -0.25) is 0 Å². The van der Waals surface area contributed by atoms with E-state index in [0.717, 1.165) is 25.5 Å². The maximum atomic E-state index is 5.34. The Bertz CT molecular complexity index is 598. The number of nitrogens with zero attached hydrogens (tertiary/aromatic N) is 4. The number of anilines is 2. The molecule has 1 aliphatic heterocycles. The third-order valence-electron chi connectivity index (χ3n) is 3.56. The maximum Gasteiger partial charge on any atom is 0.247 e. The van der Waals surface area contributed by atoms with Crippen LogP contribution in [0.2, 0.25) is 0 Å². The summed E-state index contributed by atoms with van der Waals surface area (Å²) in [5, 5.41) is 11.5. The molecule has 110 valence electrons. The SMILES string of the molecule is Cc1ccccc1CNc1cnnc(N2CCOCC2)n1. The van der Waals surface area contributed by atoms with E-state index in [2.05, 4.69) is 44.5 Å². The zero-order valence-corrected chi connectivity index (χ0v) is 12.1. The molecule has 6 heteroatoms. The fourth-order valence-electron chi connectivity index (χ4n) is 2.27. The van der Waals surface area contributed by atoms with Gasteiger partial charge in [-0.1, -0.05) is 24.3 Å². The standard InChI is InChI=1S/C15H19N5O/c1-12-4-2-3-5-13(12)10-16-14-11-17-19-15(18-14)20-6-8-21-9-7-20/h2-5,11H,6-10H2,1H3,(H,16,18,19). The molecule has 1 fully saturated rings. The predicted molar refractivity (Wildman–Crippen MR) is 81.4 cm³/mol. The normalized spacial score (nSPS) is 15.0. The van der Waals surface area contributed by atoms with Crippen molar-refractivity contribution in [2.75, 3.05) is 36.5 Å². The Morgan fingerprint density at radius 2 is 2.05 bits per heavy atom. The van der Waals surface area contributed by atoms with Gasteiger partial charge in [-0.05, 0) is 18.1 Å². The molecule has 2 heterocycles. The van der Waals surface area contributed by atoms with Gasteiger partial charge in [-0.2, -0.15) is 10.1 Å². The fraction of sp³-hybridized carbons (Fsp3) is 0.400. The van der Waals surface area contributed by atoms with Gasteiger partial charge in [-0.15, -0.1) is 5.10 Å². The molecule has 2 aromatic rings. The highest BCUT2D eigenvalue weighted by Gasteiger charge is 2.14. The zero-order valence-electron chi connectivity index (χ0n) is 12.1. The molecule has 0 saturated carbocycles. The van der Waals surface area contributed by atoms with E-state index in [1.54, 1.807) is 6.20 Å². The molecule has 0 bridgehead atoms. The predicted octanol–water partition coefficient (Wildman–Crippen LogP) is 1.63. The van der Waals surface area contributed by atoms with Gasteiger partial charge in [0.25, 0.3) is 0 Å². The monoisotopic (exact) mass is 285 g/mol. The number of nitrogens with one attached hydrogen (secondary N) is 1. The summed E-state index contributed by atoms with van der Waals surface area (Å²) in [7, 11) is 0. The number of benzene rings is 1. The Balaban J connectivity index is 1.67. The average Bonchev–Trinajstić information content (AvgIpc) is 2.55. The second kappa shape index (κ2) is 6.49. The first kappa shape index (κ1) is 13.8. The first-order valence-corrected chi connectivity index (χ1v) is 7.14. The van der Waals surface area contributed by atoms with Gasteiger partial charge in [0.2, 0.25) is 5.95 Å². The van der Waals surface area contributed by atoms with Crippen molar-refractivity contribution >= 4 is 11.8 Å². The lowest BCUT2D eigenvalue weighted by Gasteiger charge is -2.26. The van der Waals surface area contributed by atoms with Crippen LogP contribution in [0.25, 0.3) is 0 Å². The van der Waals surface area contributed by atoms with E-state index in [1.165, 1.54) is 11.1 Å². The van der Waals surface area contributed by atoms with Gasteiger partial charge >= 0.3 is 0 Å². The van der Waals surface area contributed by atoms with E-state index in [4.69, 9.17) is 4.74 Å². The van der Waals surface area contributed by atoms with E-state index in [-0.39, 0.29) is 0 Å². The number of aromatic nitrogens is 3. The Kier molecular flexibility index (Phi) is 4.25. The largest absolute Gasteiger partial charge is 0.378 e. The first-order chi connectivity index (χ1) is 10.3. The molecule has 1 saturated heterocycles. The smallest absolute Gasteiger partial charge is 0.247 e. The van der Waals surface area contributed by atoms with Gasteiger partial charge < -0.3 is 15.0 Å². The zero-order chi connectivity index (χ0) is 14.5. The summed E-state index contributed by atoms with van der Waals surface area (Å²) in [5.74, 6) is 1.41. The van der Waals surface area contributed by atoms with Crippen LogP contribution in [0.15, 0.2) is 30.5 Å². The number of hydrogen-bond donors (Lipinski definition) is 1. The van der Waals surface area contributed by atoms with Gasteiger partial charge in [0.15, 0.2) is 5.82 Å². The van der Waals surface area contributed by atoms with Gasteiger partial charge in [0.05, 0.1) is 19.4 Å². The third-order valence-corrected chi connectivity index (χ3v) is 3.56. The highest BCUT2D eigenvalue weighted by atomic mass is 16.5. The minimum absolute atomic E-state index is 0.660. The van der Waals surface area contributed by atoms with Crippen LogP contribution in [-0.4, -0.2) is 41.5 Å². The van der Waals surface area contributed by atoms with Gasteiger partial charge in [0.1, 0.15) is 0 Å². The van der Waals surface area contributed by atoms with Crippen molar-refractivity contribution in [3.63, 3.8) is 0 Å². The van der Waals surface area contributed by atoms with E-state index in [1.807, 2.05) is 12.1 Å². The lowest BCUT2D eigenvalue weighted by Crippen LogP contribution is -2.37. The van der Waals surface area contributed by atoms with Crippen molar-refractivity contribution in [1.29, 1.82) is 0 Å². The second-order valence-corrected chi connectivity index (χ2v) is 5.02. The highest BCUT2D eigenvalue weighted by molar-refractivity contribution is 5.40. The third kappa shape index (κ3) is 3.46. The number of rotatable bonds is 4. The fourth-order valence-corrected chi connectivity index (χ4v) is 2.27. The second-order valence-electron chi connectivity index (χ2n) is 5.02. The molecule has 0 amide bonds. The number of aryl methyl sites for hydroxylation is 1. The van der Waals surface area contributed by atoms with Crippen molar-refractivity contribution in [3.05, 3.63) is 41.6 Å². The molecule has 1 N–H and O–H groups in total. The Labute approximate surface area is 124 Å². The summed E-state index contributed by atoms with van der Waals surface area (Å²) in [6.45, 7) is 5.88. The number of morpholine rings is 1. The molecule has 0 radical (unpaired) electrons. The Hall–Kier alpha value is -2.21. The average molecular weight is 285 g/mol. The molecular formula is C15H19N5O. The molecule has 3 rings (SSSR count). The van der Waals surface area contributed by atoms with Crippen molar-refractivity contribution < 1.29 is 4.74 Å². The molecular weight excluding hydrogens is 266 g/mol. The van der Waals surface area contributed by atoms with Crippen LogP contribution in [0.3, 0.4) is 0 Å². The van der Waals surface area contributed by atoms with E-state index in [0.29, 0.717) is 19.2 Å². The Morgan fingerprint density at radius 1 is 1.24 bits per heavy atom. The topological polar surface area (TPSA) is 63.2 Å². The van der Waals surface area contributed by atoms with Crippen LogP contribution in [0, 0.1) is 6.92 Å². The van der Waals surface area contributed by atoms with Gasteiger partial charge in [-0.25, -0.2) is 0 Å². The van der Waals surface area contributed by atoms with Gasteiger partial charge in [0, 0.05) is 19.6 Å². The molecule has 0 unspecified atom stereocenters. The molecule has 0 spiro atoms. The number of ether oxygens (including phenoxy) is 1. The van der Waals surface area contributed by atoms with E-state index >= 15 is 0 Å². The molecule has 1 aliphatic rings. The summed E-state index contributed by atoms with van der Waals surface area (Å²) in [6.07, 6.45) is 1.65. The summed E-state index contributed by atoms with van der Waals surface area (Å²) < 4.78 is 5.34. The minimum atomic E-state index is 0.660. The lowest BCUT2D eigenvalue weighted by molar-refractivity contribution is 0.122. The van der Waals surface area contributed by atoms with Crippen molar-refractivity contribution in [3.8, 4) is 0 Å². The lowest BCUT2D eigenvalue weighted by atomic mass is 10.1. The summed E-state index contributed by atoms with van der Waals surface area (Å²) in [6, 6.07) is 8.30. The van der Waals surface area contributed by atoms with Crippen LogP contribution in [0.5, 0.6) is 0 Å². The van der Waals surface area contributed by atoms with Crippen LogP contribution >= 0.6 is 0 Å². The molecule has 6 nitrogen and oxygen atoms in total. The van der Waals surface area contributed by atoms with Crippen LogP contribution < -0.4 is 10.2 Å². The molecule has 21 heavy (non-hydrogen) atoms.